The number of anilines is 2. The van der Waals surface area contributed by atoms with Gasteiger partial charge in [0, 0.05) is 0 Å². The molecule has 2 fully saturated rings. The molecule has 2 aromatic heterocycles. The molecule has 2 saturated heterocycles. The fraction of sp³-hybridized carbons (Fsp3) is 0.286. The predicted octanol–water partition coefficient (Wildman–Crippen LogP) is 6.67. The SMILES string of the molecule is O=C1OC[C@@H](Cc2ccccc2)N1c1nnn(Cc2ccccc2)c1CCCCc1c(N2C(=O)OC[C@H]2Cc2ccccc2)nnn1Cc1ccccc1. The molecular formula is C42H42N8O4. The lowest BCUT2D eigenvalue weighted by molar-refractivity contribution is 0.178. The third kappa shape index (κ3) is 7.73. The molecule has 2 aliphatic rings. The van der Waals surface area contributed by atoms with E-state index in [0.717, 1.165) is 46.5 Å². The van der Waals surface area contributed by atoms with Crippen molar-refractivity contribution < 1.29 is 19.1 Å². The summed E-state index contributed by atoms with van der Waals surface area (Å²) >= 11 is 0. The van der Waals surface area contributed by atoms with Crippen LogP contribution in [0.15, 0.2) is 121 Å². The second kappa shape index (κ2) is 16.2. The molecule has 8 rings (SSSR count). The van der Waals surface area contributed by atoms with Crippen LogP contribution in [0.5, 0.6) is 0 Å². The summed E-state index contributed by atoms with van der Waals surface area (Å²) in [4.78, 5) is 29.9. The molecule has 12 nitrogen and oxygen atoms in total. The maximum atomic E-state index is 13.3. The zero-order valence-corrected chi connectivity index (χ0v) is 30.0. The summed E-state index contributed by atoms with van der Waals surface area (Å²) in [5, 5.41) is 18.3. The van der Waals surface area contributed by atoms with Gasteiger partial charge in [0.25, 0.3) is 0 Å². The Kier molecular flexibility index (Phi) is 10.4. The zero-order valence-electron chi connectivity index (χ0n) is 30.0. The van der Waals surface area contributed by atoms with Crippen molar-refractivity contribution in [2.75, 3.05) is 23.0 Å². The highest BCUT2D eigenvalue weighted by Crippen LogP contribution is 2.31. The number of amides is 2. The predicted molar refractivity (Wildman–Crippen MR) is 203 cm³/mol. The van der Waals surface area contributed by atoms with Crippen molar-refractivity contribution in [1.29, 1.82) is 0 Å². The topological polar surface area (TPSA) is 120 Å². The van der Waals surface area contributed by atoms with Crippen LogP contribution in [0.4, 0.5) is 21.2 Å². The van der Waals surface area contributed by atoms with Gasteiger partial charge in [-0.3, -0.25) is 9.80 Å². The van der Waals surface area contributed by atoms with Crippen LogP contribution in [0.3, 0.4) is 0 Å². The molecule has 0 aliphatic carbocycles. The molecule has 12 heteroatoms. The van der Waals surface area contributed by atoms with E-state index in [1.807, 2.05) is 82.2 Å². The van der Waals surface area contributed by atoms with Gasteiger partial charge < -0.3 is 9.47 Å². The normalized spacial score (nSPS) is 16.9. The summed E-state index contributed by atoms with van der Waals surface area (Å²) in [6.45, 7) is 1.61. The minimum Gasteiger partial charge on any atom is -0.447 e. The molecule has 0 unspecified atom stereocenters. The van der Waals surface area contributed by atoms with Crippen LogP contribution in [0, 0.1) is 0 Å². The van der Waals surface area contributed by atoms with Crippen molar-refractivity contribution in [3.8, 4) is 0 Å². The number of ether oxygens (including phenoxy) is 2. The van der Waals surface area contributed by atoms with Crippen LogP contribution in [0.1, 0.15) is 46.5 Å². The first-order valence-corrected chi connectivity index (χ1v) is 18.5. The first-order chi connectivity index (χ1) is 26.6. The van der Waals surface area contributed by atoms with Crippen molar-refractivity contribution in [2.24, 2.45) is 0 Å². The van der Waals surface area contributed by atoms with Gasteiger partial charge in [-0.2, -0.15) is 0 Å². The average molecular weight is 723 g/mol. The van der Waals surface area contributed by atoms with Crippen LogP contribution in [0.2, 0.25) is 0 Å². The molecule has 0 radical (unpaired) electrons. The minimum absolute atomic E-state index is 0.203. The number of nitrogens with zero attached hydrogens (tertiary/aromatic N) is 8. The minimum atomic E-state index is -0.410. The summed E-state index contributed by atoms with van der Waals surface area (Å²) < 4.78 is 15.0. The molecule has 0 saturated carbocycles. The van der Waals surface area contributed by atoms with E-state index in [-0.39, 0.29) is 25.3 Å². The lowest BCUT2D eigenvalue weighted by atomic mass is 10.0. The highest BCUT2D eigenvalue weighted by molar-refractivity contribution is 5.90. The van der Waals surface area contributed by atoms with Crippen LogP contribution < -0.4 is 9.80 Å². The molecular weight excluding hydrogens is 681 g/mol. The molecule has 2 atom stereocenters. The van der Waals surface area contributed by atoms with Crippen LogP contribution >= 0.6 is 0 Å². The van der Waals surface area contributed by atoms with Crippen molar-refractivity contribution in [2.45, 2.75) is 63.7 Å². The number of carbonyl (C=O) groups excluding carboxylic acids is 2. The first kappa shape index (κ1) is 34.8. The molecule has 0 spiro atoms. The maximum Gasteiger partial charge on any atom is 0.416 e. The number of aromatic nitrogens is 6. The Labute approximate surface area is 313 Å². The van der Waals surface area contributed by atoms with E-state index in [4.69, 9.17) is 9.47 Å². The first-order valence-electron chi connectivity index (χ1n) is 18.5. The Bertz CT molecular complexity index is 2000. The van der Waals surface area contributed by atoms with Gasteiger partial charge in [0.1, 0.15) is 13.2 Å². The van der Waals surface area contributed by atoms with E-state index in [9.17, 15) is 9.59 Å². The molecule has 2 amide bonds. The summed E-state index contributed by atoms with van der Waals surface area (Å²) in [5.74, 6) is 1.07. The van der Waals surface area contributed by atoms with E-state index >= 15 is 0 Å². The third-order valence-electron chi connectivity index (χ3n) is 10.1. The molecule has 6 aromatic rings. The average Bonchev–Trinajstić information content (AvgIpc) is 3.97. The monoisotopic (exact) mass is 722 g/mol. The standard InChI is InChI=1S/C42H42N8O4/c51-41-49(35(29-53-41)25-31-15-5-1-6-16-31)39-37(47(45-43-39)27-33-19-9-3-10-20-33)23-13-14-24-38-40(44-46-48(38)28-34-21-11-4-12-22-34)50-36(30-54-42(50)52)26-32-17-7-2-8-18-32/h1-12,15-22,35-36H,13-14,23-30H2/t35-,36-/m1/s1. The van der Waals surface area contributed by atoms with Gasteiger partial charge in [0.15, 0.2) is 11.6 Å². The second-order valence-corrected chi connectivity index (χ2v) is 13.8. The van der Waals surface area contributed by atoms with E-state index in [1.54, 1.807) is 9.80 Å². The van der Waals surface area contributed by atoms with Gasteiger partial charge in [-0.05, 0) is 60.8 Å². The number of cyclic esters (lactones) is 2. The fourth-order valence-electron chi connectivity index (χ4n) is 7.37. The van der Waals surface area contributed by atoms with E-state index in [2.05, 4.69) is 69.2 Å². The molecule has 0 N–H and O–H groups in total. The molecule has 4 aromatic carbocycles. The Morgan fingerprint density at radius 1 is 0.500 bits per heavy atom. The van der Waals surface area contributed by atoms with Gasteiger partial charge in [-0.25, -0.2) is 19.0 Å². The Morgan fingerprint density at radius 3 is 1.22 bits per heavy atom. The second-order valence-electron chi connectivity index (χ2n) is 13.8. The Morgan fingerprint density at radius 2 is 0.852 bits per heavy atom. The largest absolute Gasteiger partial charge is 0.447 e. The summed E-state index contributed by atoms with van der Waals surface area (Å²) in [6.07, 6.45) is 3.22. The summed E-state index contributed by atoms with van der Waals surface area (Å²) in [5.41, 5.74) is 6.16. The molecule has 2 aliphatic heterocycles. The summed E-state index contributed by atoms with van der Waals surface area (Å²) in [6, 6.07) is 40.1. The van der Waals surface area contributed by atoms with Gasteiger partial charge in [0.2, 0.25) is 0 Å². The fourth-order valence-corrected chi connectivity index (χ4v) is 7.37. The van der Waals surface area contributed by atoms with Crippen molar-refractivity contribution >= 4 is 23.8 Å². The van der Waals surface area contributed by atoms with E-state index in [1.165, 1.54) is 0 Å². The van der Waals surface area contributed by atoms with Crippen LogP contribution in [0.25, 0.3) is 0 Å². The van der Waals surface area contributed by atoms with E-state index < -0.39 is 12.2 Å². The van der Waals surface area contributed by atoms with Gasteiger partial charge in [-0.1, -0.05) is 132 Å². The lowest BCUT2D eigenvalue weighted by Crippen LogP contribution is -2.36. The number of benzene rings is 4. The van der Waals surface area contributed by atoms with E-state index in [0.29, 0.717) is 50.4 Å². The van der Waals surface area contributed by atoms with Crippen molar-refractivity contribution in [3.63, 3.8) is 0 Å². The number of carbonyl (C=O) groups is 2. The van der Waals surface area contributed by atoms with Crippen LogP contribution in [-0.4, -0.2) is 67.5 Å². The number of rotatable bonds is 15. The number of hydrogen-bond acceptors (Lipinski definition) is 8. The molecule has 4 heterocycles. The highest BCUT2D eigenvalue weighted by atomic mass is 16.6. The maximum absolute atomic E-state index is 13.3. The van der Waals surface area contributed by atoms with Gasteiger partial charge in [0.05, 0.1) is 36.6 Å². The van der Waals surface area contributed by atoms with Crippen molar-refractivity contribution in [1.82, 2.24) is 30.0 Å². The Balaban J connectivity index is 1.05. The number of hydrogen-bond donors (Lipinski definition) is 0. The number of unbranched alkanes of at least 4 members (excludes halogenated alkanes) is 1. The molecule has 0 bridgehead atoms. The highest BCUT2D eigenvalue weighted by Gasteiger charge is 2.39. The third-order valence-corrected chi connectivity index (χ3v) is 10.1. The van der Waals surface area contributed by atoms with Gasteiger partial charge >= 0.3 is 12.2 Å². The molecule has 274 valence electrons. The summed E-state index contributed by atoms with van der Waals surface area (Å²) in [7, 11) is 0. The lowest BCUT2D eigenvalue weighted by Gasteiger charge is -2.21. The molecule has 54 heavy (non-hydrogen) atoms. The smallest absolute Gasteiger partial charge is 0.416 e. The van der Waals surface area contributed by atoms with Crippen LogP contribution in [-0.2, 0) is 48.2 Å². The Hall–Kier alpha value is -6.30. The quantitative estimate of drug-likeness (QED) is 0.108. The van der Waals surface area contributed by atoms with Crippen molar-refractivity contribution in [3.05, 3.63) is 155 Å². The zero-order chi connectivity index (χ0) is 36.7. The van der Waals surface area contributed by atoms with Gasteiger partial charge in [-0.15, -0.1) is 10.2 Å².